The largest absolute Gasteiger partial charge is 0.326 e. The molecule has 1 atom stereocenters. The predicted molar refractivity (Wildman–Crippen MR) is 125 cm³/mol. The smallest absolute Gasteiger partial charge is 0.270 e. The van der Waals surface area contributed by atoms with Crippen molar-refractivity contribution in [1.82, 2.24) is 4.68 Å². The van der Waals surface area contributed by atoms with Crippen molar-refractivity contribution in [3.05, 3.63) is 82.6 Å². The summed E-state index contributed by atoms with van der Waals surface area (Å²) in [5.74, 6) is -1.22. The monoisotopic (exact) mass is 450 g/mol. The van der Waals surface area contributed by atoms with Crippen molar-refractivity contribution in [3.63, 3.8) is 0 Å². The quantitative estimate of drug-likeness (QED) is 0.613. The van der Waals surface area contributed by atoms with Crippen molar-refractivity contribution < 1.29 is 14.4 Å². The van der Waals surface area contributed by atoms with Crippen molar-refractivity contribution in [2.24, 2.45) is 5.92 Å². The average Bonchev–Trinajstić information content (AvgIpc) is 3.31. The van der Waals surface area contributed by atoms with Gasteiger partial charge in [-0.3, -0.25) is 24.5 Å². The minimum atomic E-state index is -0.513. The number of halogens is 1. The maximum absolute atomic E-state index is 12.8. The van der Waals surface area contributed by atoms with E-state index in [9.17, 15) is 14.4 Å². The lowest BCUT2D eigenvalue weighted by Gasteiger charge is -2.18. The molecule has 3 amide bonds. The number of amides is 3. The van der Waals surface area contributed by atoms with Crippen molar-refractivity contribution in [3.8, 4) is 0 Å². The van der Waals surface area contributed by atoms with E-state index in [1.807, 2.05) is 26.0 Å². The Balaban J connectivity index is 1.43. The van der Waals surface area contributed by atoms with Gasteiger partial charge in [-0.05, 0) is 56.3 Å². The SMILES string of the molecule is Cc1ccc(C)n1NC(=O)c1cccc(NC(=O)[C@H]2CC(=O)N(c3ccccc3Cl)C2)c1. The summed E-state index contributed by atoms with van der Waals surface area (Å²) >= 11 is 6.21. The summed E-state index contributed by atoms with van der Waals surface area (Å²) in [6.07, 6.45) is 0.101. The molecule has 0 spiro atoms. The van der Waals surface area contributed by atoms with Crippen LogP contribution in [0, 0.1) is 19.8 Å². The highest BCUT2D eigenvalue weighted by Crippen LogP contribution is 2.31. The van der Waals surface area contributed by atoms with Crippen molar-refractivity contribution in [2.75, 3.05) is 22.2 Å². The molecule has 32 heavy (non-hydrogen) atoms. The maximum Gasteiger partial charge on any atom is 0.270 e. The molecule has 1 saturated heterocycles. The Morgan fingerprint density at radius 1 is 1.00 bits per heavy atom. The summed E-state index contributed by atoms with van der Waals surface area (Å²) in [6, 6.07) is 17.6. The number of hydrogen-bond acceptors (Lipinski definition) is 3. The van der Waals surface area contributed by atoms with Crippen LogP contribution in [0.1, 0.15) is 28.2 Å². The van der Waals surface area contributed by atoms with E-state index in [1.54, 1.807) is 53.2 Å². The lowest BCUT2D eigenvalue weighted by molar-refractivity contribution is -0.122. The van der Waals surface area contributed by atoms with Crippen LogP contribution in [-0.2, 0) is 9.59 Å². The molecule has 1 aliphatic heterocycles. The number of nitrogens with one attached hydrogen (secondary N) is 2. The van der Waals surface area contributed by atoms with E-state index in [0.717, 1.165) is 11.4 Å². The second-order valence-electron chi connectivity index (χ2n) is 7.82. The van der Waals surface area contributed by atoms with Crippen LogP contribution in [0.3, 0.4) is 0 Å². The number of anilines is 2. The third kappa shape index (κ3) is 4.38. The van der Waals surface area contributed by atoms with Gasteiger partial charge in [0.1, 0.15) is 0 Å². The molecule has 2 aromatic carbocycles. The molecular formula is C24H23ClN4O3. The number of carbonyl (C=O) groups is 3. The van der Waals surface area contributed by atoms with Crippen LogP contribution in [0.15, 0.2) is 60.7 Å². The van der Waals surface area contributed by atoms with E-state index in [-0.39, 0.29) is 30.7 Å². The van der Waals surface area contributed by atoms with Crippen LogP contribution >= 0.6 is 11.6 Å². The number of para-hydroxylation sites is 1. The Labute approximate surface area is 190 Å². The van der Waals surface area contributed by atoms with Crippen LogP contribution in [0.4, 0.5) is 11.4 Å². The van der Waals surface area contributed by atoms with E-state index in [1.165, 1.54) is 4.90 Å². The summed E-state index contributed by atoms with van der Waals surface area (Å²) in [5.41, 5.74) is 6.18. The first-order valence-electron chi connectivity index (χ1n) is 10.3. The van der Waals surface area contributed by atoms with Gasteiger partial charge in [0.15, 0.2) is 0 Å². The molecule has 0 bridgehead atoms. The first-order valence-corrected chi connectivity index (χ1v) is 10.6. The molecule has 8 heteroatoms. The molecule has 0 unspecified atom stereocenters. The zero-order valence-electron chi connectivity index (χ0n) is 17.8. The molecule has 0 radical (unpaired) electrons. The van der Waals surface area contributed by atoms with Crippen LogP contribution in [0.5, 0.6) is 0 Å². The summed E-state index contributed by atoms with van der Waals surface area (Å²) < 4.78 is 1.71. The number of carbonyl (C=O) groups excluding carboxylic acids is 3. The van der Waals surface area contributed by atoms with E-state index in [4.69, 9.17) is 11.6 Å². The molecule has 4 rings (SSSR count). The zero-order chi connectivity index (χ0) is 22.8. The van der Waals surface area contributed by atoms with Crippen molar-refractivity contribution in [1.29, 1.82) is 0 Å². The van der Waals surface area contributed by atoms with Crippen molar-refractivity contribution in [2.45, 2.75) is 20.3 Å². The fourth-order valence-corrected chi connectivity index (χ4v) is 4.02. The lowest BCUT2D eigenvalue weighted by Crippen LogP contribution is -2.28. The normalized spacial score (nSPS) is 15.7. The first-order chi connectivity index (χ1) is 15.3. The van der Waals surface area contributed by atoms with Gasteiger partial charge in [0.25, 0.3) is 5.91 Å². The molecule has 164 valence electrons. The Morgan fingerprint density at radius 2 is 1.72 bits per heavy atom. The summed E-state index contributed by atoms with van der Waals surface area (Å²) in [4.78, 5) is 39.5. The third-order valence-electron chi connectivity index (χ3n) is 5.52. The maximum atomic E-state index is 12.8. The average molecular weight is 451 g/mol. The topological polar surface area (TPSA) is 83.4 Å². The van der Waals surface area contributed by atoms with Crippen molar-refractivity contribution >= 4 is 40.7 Å². The number of aryl methyl sites for hydroxylation is 2. The molecule has 3 aromatic rings. The first kappa shape index (κ1) is 21.6. The Hall–Kier alpha value is -3.58. The van der Waals surface area contributed by atoms with E-state index in [2.05, 4.69) is 10.7 Å². The van der Waals surface area contributed by atoms with Gasteiger partial charge in [0.2, 0.25) is 11.8 Å². The third-order valence-corrected chi connectivity index (χ3v) is 5.84. The molecule has 7 nitrogen and oxygen atoms in total. The van der Waals surface area contributed by atoms with Gasteiger partial charge in [0.05, 0.1) is 16.6 Å². The highest BCUT2D eigenvalue weighted by molar-refractivity contribution is 6.34. The zero-order valence-corrected chi connectivity index (χ0v) is 18.5. The number of nitrogens with zero attached hydrogens (tertiary/aromatic N) is 2. The van der Waals surface area contributed by atoms with Gasteiger partial charge in [-0.1, -0.05) is 29.8 Å². The Morgan fingerprint density at radius 3 is 2.44 bits per heavy atom. The van der Waals surface area contributed by atoms with Gasteiger partial charge in [0, 0.05) is 35.6 Å². The minimum Gasteiger partial charge on any atom is -0.326 e. The second-order valence-corrected chi connectivity index (χ2v) is 8.23. The van der Waals surface area contributed by atoms with Gasteiger partial charge in [-0.2, -0.15) is 0 Å². The van der Waals surface area contributed by atoms with Crippen LogP contribution in [-0.4, -0.2) is 28.9 Å². The number of benzene rings is 2. The summed E-state index contributed by atoms with van der Waals surface area (Å²) in [7, 11) is 0. The molecule has 2 N–H and O–H groups in total. The van der Waals surface area contributed by atoms with Crippen LogP contribution in [0.25, 0.3) is 0 Å². The molecule has 0 saturated carbocycles. The number of hydrogen-bond donors (Lipinski definition) is 2. The van der Waals surface area contributed by atoms with Gasteiger partial charge in [-0.25, -0.2) is 0 Å². The fraction of sp³-hybridized carbons (Fsp3) is 0.208. The van der Waals surface area contributed by atoms with E-state index >= 15 is 0 Å². The van der Waals surface area contributed by atoms with E-state index < -0.39 is 5.92 Å². The van der Waals surface area contributed by atoms with E-state index in [0.29, 0.717) is 22.0 Å². The minimum absolute atomic E-state index is 0.101. The van der Waals surface area contributed by atoms with Crippen LogP contribution < -0.4 is 15.6 Å². The lowest BCUT2D eigenvalue weighted by atomic mass is 10.1. The molecule has 2 heterocycles. The Bertz CT molecular complexity index is 1180. The predicted octanol–water partition coefficient (Wildman–Crippen LogP) is 4.13. The summed E-state index contributed by atoms with van der Waals surface area (Å²) in [6.45, 7) is 4.05. The fourth-order valence-electron chi connectivity index (χ4n) is 3.78. The van der Waals surface area contributed by atoms with Gasteiger partial charge < -0.3 is 10.2 Å². The number of aromatic nitrogens is 1. The molecule has 1 fully saturated rings. The molecule has 0 aliphatic carbocycles. The molecular weight excluding hydrogens is 428 g/mol. The van der Waals surface area contributed by atoms with Gasteiger partial charge in [-0.15, -0.1) is 0 Å². The standard InChI is InChI=1S/C24H23ClN4O3/c1-15-10-11-16(2)29(15)27-24(32)17-6-5-7-19(12-17)26-23(31)18-13-22(30)28(14-18)21-9-4-3-8-20(21)25/h3-12,18H,13-14H2,1-2H3,(H,26,31)(H,27,32)/t18-/m0/s1. The molecule has 1 aliphatic rings. The highest BCUT2D eigenvalue weighted by atomic mass is 35.5. The number of rotatable bonds is 5. The molecule has 1 aromatic heterocycles. The van der Waals surface area contributed by atoms with Crippen LogP contribution in [0.2, 0.25) is 5.02 Å². The highest BCUT2D eigenvalue weighted by Gasteiger charge is 2.35. The summed E-state index contributed by atoms with van der Waals surface area (Å²) in [5, 5.41) is 3.30. The second kappa shape index (κ2) is 8.88. The van der Waals surface area contributed by atoms with Gasteiger partial charge >= 0.3 is 0 Å². The Kier molecular flexibility index (Phi) is 6.01.